The summed E-state index contributed by atoms with van der Waals surface area (Å²) in [6, 6.07) is 6.99. The Balaban J connectivity index is 2.69. The van der Waals surface area contributed by atoms with Crippen molar-refractivity contribution in [2.75, 3.05) is 26.3 Å². The molecule has 0 aliphatic rings. The van der Waals surface area contributed by atoms with E-state index in [0.29, 0.717) is 12.2 Å². The predicted molar refractivity (Wildman–Crippen MR) is 78.4 cm³/mol. The zero-order chi connectivity index (χ0) is 15.0. The third kappa shape index (κ3) is 5.30. The molecule has 0 spiro atoms. The van der Waals surface area contributed by atoms with Gasteiger partial charge >= 0.3 is 5.97 Å². The lowest BCUT2D eigenvalue weighted by atomic mass is 10.2. The molecule has 20 heavy (non-hydrogen) atoms. The van der Waals surface area contributed by atoms with E-state index in [1.165, 1.54) is 4.90 Å². The first-order valence-electron chi connectivity index (χ1n) is 6.39. The number of ether oxygens (including phenoxy) is 1. The SMILES string of the molecule is CCOC(=O)CCN(CCO)C(=O)c1cccc(Br)c1. The Kier molecular flexibility index (Phi) is 7.25. The maximum atomic E-state index is 12.3. The van der Waals surface area contributed by atoms with Gasteiger partial charge < -0.3 is 14.7 Å². The first kappa shape index (κ1) is 16.7. The number of carbonyl (C=O) groups is 2. The quantitative estimate of drug-likeness (QED) is 0.767. The number of hydrogen-bond acceptors (Lipinski definition) is 4. The van der Waals surface area contributed by atoms with E-state index in [4.69, 9.17) is 9.84 Å². The molecule has 0 heterocycles. The van der Waals surface area contributed by atoms with Crippen LogP contribution in [0.2, 0.25) is 0 Å². The lowest BCUT2D eigenvalue weighted by Gasteiger charge is -2.21. The highest BCUT2D eigenvalue weighted by molar-refractivity contribution is 9.10. The topological polar surface area (TPSA) is 66.8 Å². The van der Waals surface area contributed by atoms with Crippen LogP contribution in [0.5, 0.6) is 0 Å². The van der Waals surface area contributed by atoms with Gasteiger partial charge in [-0.3, -0.25) is 9.59 Å². The van der Waals surface area contributed by atoms with E-state index in [1.807, 2.05) is 6.07 Å². The van der Waals surface area contributed by atoms with Crippen molar-refractivity contribution in [3.8, 4) is 0 Å². The van der Waals surface area contributed by atoms with Gasteiger partial charge in [0.15, 0.2) is 0 Å². The summed E-state index contributed by atoms with van der Waals surface area (Å²) in [6.07, 6.45) is 0.119. The number of halogens is 1. The van der Waals surface area contributed by atoms with E-state index in [1.54, 1.807) is 25.1 Å². The van der Waals surface area contributed by atoms with Gasteiger partial charge in [-0.25, -0.2) is 0 Å². The fourth-order valence-corrected chi connectivity index (χ4v) is 2.10. The number of esters is 1. The van der Waals surface area contributed by atoms with E-state index in [0.717, 1.165) is 4.47 Å². The highest BCUT2D eigenvalue weighted by Crippen LogP contribution is 2.13. The molecule has 0 aliphatic carbocycles. The number of nitrogens with zero attached hydrogens (tertiary/aromatic N) is 1. The van der Waals surface area contributed by atoms with Crippen LogP contribution in [-0.2, 0) is 9.53 Å². The molecule has 0 saturated heterocycles. The third-order valence-corrected chi connectivity index (χ3v) is 3.11. The smallest absolute Gasteiger partial charge is 0.307 e. The van der Waals surface area contributed by atoms with Crippen LogP contribution in [0.15, 0.2) is 28.7 Å². The number of hydrogen-bond donors (Lipinski definition) is 1. The van der Waals surface area contributed by atoms with Gasteiger partial charge in [-0.2, -0.15) is 0 Å². The molecular weight excluding hydrogens is 326 g/mol. The Morgan fingerprint density at radius 1 is 1.35 bits per heavy atom. The van der Waals surface area contributed by atoms with Gasteiger partial charge in [0.1, 0.15) is 0 Å². The molecule has 110 valence electrons. The van der Waals surface area contributed by atoms with Crippen LogP contribution < -0.4 is 0 Å². The minimum absolute atomic E-state index is 0.119. The minimum atomic E-state index is -0.350. The van der Waals surface area contributed by atoms with E-state index in [9.17, 15) is 9.59 Å². The van der Waals surface area contributed by atoms with Crippen molar-refractivity contribution in [2.24, 2.45) is 0 Å². The van der Waals surface area contributed by atoms with E-state index in [2.05, 4.69) is 15.9 Å². The van der Waals surface area contributed by atoms with E-state index < -0.39 is 0 Å². The lowest BCUT2D eigenvalue weighted by Crippen LogP contribution is -2.35. The molecule has 0 aliphatic heterocycles. The summed E-state index contributed by atoms with van der Waals surface area (Å²) >= 11 is 3.31. The predicted octanol–water partition coefficient (Wildman–Crippen LogP) is 1.84. The summed E-state index contributed by atoms with van der Waals surface area (Å²) in [6.45, 7) is 2.31. The molecule has 0 saturated carbocycles. The van der Waals surface area contributed by atoms with Crippen LogP contribution in [0, 0.1) is 0 Å². The second-order valence-electron chi connectivity index (χ2n) is 4.08. The highest BCUT2D eigenvalue weighted by atomic mass is 79.9. The largest absolute Gasteiger partial charge is 0.466 e. The first-order valence-corrected chi connectivity index (χ1v) is 7.19. The number of benzene rings is 1. The van der Waals surface area contributed by atoms with Gasteiger partial charge in [-0.05, 0) is 25.1 Å². The number of rotatable bonds is 7. The summed E-state index contributed by atoms with van der Waals surface area (Å²) in [5.41, 5.74) is 0.511. The molecule has 1 rings (SSSR count). The molecule has 0 aromatic heterocycles. The maximum Gasteiger partial charge on any atom is 0.307 e. The van der Waals surface area contributed by atoms with Crippen molar-refractivity contribution in [2.45, 2.75) is 13.3 Å². The van der Waals surface area contributed by atoms with Crippen LogP contribution >= 0.6 is 15.9 Å². The maximum absolute atomic E-state index is 12.3. The normalized spacial score (nSPS) is 10.2. The molecule has 0 fully saturated rings. The van der Waals surface area contributed by atoms with Crippen molar-refractivity contribution in [1.29, 1.82) is 0 Å². The molecule has 0 atom stereocenters. The summed E-state index contributed by atoms with van der Waals surface area (Å²) in [5, 5.41) is 9.04. The average molecular weight is 344 g/mol. The zero-order valence-electron chi connectivity index (χ0n) is 11.3. The van der Waals surface area contributed by atoms with Gasteiger partial charge in [0.05, 0.1) is 19.6 Å². The van der Waals surface area contributed by atoms with Gasteiger partial charge in [0, 0.05) is 23.1 Å². The van der Waals surface area contributed by atoms with Crippen molar-refractivity contribution < 1.29 is 19.4 Å². The van der Waals surface area contributed by atoms with E-state index >= 15 is 0 Å². The summed E-state index contributed by atoms with van der Waals surface area (Å²) < 4.78 is 5.63. The molecule has 1 aromatic rings. The van der Waals surface area contributed by atoms with E-state index in [-0.39, 0.29) is 38.0 Å². The van der Waals surface area contributed by atoms with Gasteiger partial charge in [-0.1, -0.05) is 22.0 Å². The standard InChI is InChI=1S/C14H18BrNO4/c1-2-20-13(18)6-7-16(8-9-17)14(19)11-4-3-5-12(15)10-11/h3-5,10,17H,2,6-9H2,1H3. The molecular formula is C14H18BrNO4. The number of amides is 1. The number of aliphatic hydroxyl groups is 1. The Morgan fingerprint density at radius 3 is 2.70 bits per heavy atom. The van der Waals surface area contributed by atoms with Gasteiger partial charge in [0.2, 0.25) is 0 Å². The first-order chi connectivity index (χ1) is 9.58. The van der Waals surface area contributed by atoms with Gasteiger partial charge in [0.25, 0.3) is 5.91 Å². The van der Waals surface area contributed by atoms with Crippen LogP contribution in [0.25, 0.3) is 0 Å². The molecule has 0 radical (unpaired) electrons. The Labute approximate surface area is 126 Å². The Hall–Kier alpha value is -1.40. The monoisotopic (exact) mass is 343 g/mol. The second kappa shape index (κ2) is 8.71. The second-order valence-corrected chi connectivity index (χ2v) is 5.00. The fraction of sp³-hybridized carbons (Fsp3) is 0.429. The number of aliphatic hydroxyl groups excluding tert-OH is 1. The summed E-state index contributed by atoms with van der Waals surface area (Å²) in [7, 11) is 0. The van der Waals surface area contributed by atoms with Crippen LogP contribution in [0.3, 0.4) is 0 Å². The van der Waals surface area contributed by atoms with Gasteiger partial charge in [-0.15, -0.1) is 0 Å². The van der Waals surface area contributed by atoms with Crippen LogP contribution in [-0.4, -0.2) is 48.2 Å². The summed E-state index contributed by atoms with van der Waals surface area (Å²) in [4.78, 5) is 25.1. The molecule has 0 unspecified atom stereocenters. The van der Waals surface area contributed by atoms with Crippen LogP contribution in [0.1, 0.15) is 23.7 Å². The van der Waals surface area contributed by atoms with Crippen molar-refractivity contribution in [3.63, 3.8) is 0 Å². The highest BCUT2D eigenvalue weighted by Gasteiger charge is 2.17. The average Bonchev–Trinajstić information content (AvgIpc) is 2.43. The molecule has 6 heteroatoms. The molecule has 5 nitrogen and oxygen atoms in total. The van der Waals surface area contributed by atoms with Crippen molar-refractivity contribution in [1.82, 2.24) is 4.90 Å². The Morgan fingerprint density at radius 2 is 2.10 bits per heavy atom. The van der Waals surface area contributed by atoms with Crippen molar-refractivity contribution >= 4 is 27.8 Å². The fourth-order valence-electron chi connectivity index (χ4n) is 1.70. The lowest BCUT2D eigenvalue weighted by molar-refractivity contribution is -0.143. The minimum Gasteiger partial charge on any atom is -0.466 e. The molecule has 1 amide bonds. The molecule has 0 bridgehead atoms. The molecule has 1 N–H and O–H groups in total. The van der Waals surface area contributed by atoms with Crippen LogP contribution in [0.4, 0.5) is 0 Å². The third-order valence-electron chi connectivity index (χ3n) is 2.62. The zero-order valence-corrected chi connectivity index (χ0v) is 12.9. The van der Waals surface area contributed by atoms with Crippen molar-refractivity contribution in [3.05, 3.63) is 34.3 Å². The molecule has 1 aromatic carbocycles. The number of carbonyl (C=O) groups excluding carboxylic acids is 2. The Bertz CT molecular complexity index is 464. The summed E-state index contributed by atoms with van der Waals surface area (Å²) in [5.74, 6) is -0.567.